The molecule has 0 amide bonds. The van der Waals surface area contributed by atoms with Crippen LogP contribution in [0.3, 0.4) is 0 Å². The van der Waals surface area contributed by atoms with Gasteiger partial charge in [0, 0.05) is 11.8 Å². The van der Waals surface area contributed by atoms with Gasteiger partial charge in [-0.1, -0.05) is 0 Å². The van der Waals surface area contributed by atoms with Gasteiger partial charge < -0.3 is 4.74 Å². The summed E-state index contributed by atoms with van der Waals surface area (Å²) >= 11 is 0. The molecule has 0 aliphatic heterocycles. The van der Waals surface area contributed by atoms with Crippen LogP contribution in [-0.4, -0.2) is 12.1 Å². The molecule has 0 atom stereocenters. The Morgan fingerprint density at radius 3 is 2.82 bits per heavy atom. The first kappa shape index (κ1) is 7.55. The zero-order chi connectivity index (χ0) is 8.27. The van der Waals surface area contributed by atoms with E-state index in [0.717, 1.165) is 5.56 Å². The van der Waals surface area contributed by atoms with Gasteiger partial charge in [0.05, 0.1) is 12.7 Å². The normalized spacial score (nSPS) is 8.82. The van der Waals surface area contributed by atoms with E-state index in [1.807, 2.05) is 13.0 Å². The smallest absolute Gasteiger partial charge is 0.215 e. The molecule has 0 radical (unpaired) electrons. The zero-order valence-corrected chi connectivity index (χ0v) is 6.46. The van der Waals surface area contributed by atoms with E-state index in [0.29, 0.717) is 11.4 Å². The van der Waals surface area contributed by atoms with Gasteiger partial charge in [0.2, 0.25) is 5.88 Å². The lowest BCUT2D eigenvalue weighted by Gasteiger charge is -2.00. The van der Waals surface area contributed by atoms with Crippen LogP contribution in [0.2, 0.25) is 0 Å². The predicted molar refractivity (Wildman–Crippen MR) is 40.2 cm³/mol. The maximum absolute atomic E-state index is 8.49. The standard InChI is InChI=1S/C8H8N2O/c1-6-3-7(4-9)5-10-8(6)11-2/h3,5H,1-2H3. The molecule has 0 aliphatic rings. The lowest BCUT2D eigenvalue weighted by atomic mass is 10.2. The lowest BCUT2D eigenvalue weighted by Crippen LogP contribution is -1.91. The van der Waals surface area contributed by atoms with Crippen LogP contribution >= 0.6 is 0 Å². The summed E-state index contributed by atoms with van der Waals surface area (Å²) in [4.78, 5) is 3.92. The first-order valence-corrected chi connectivity index (χ1v) is 3.18. The van der Waals surface area contributed by atoms with Gasteiger partial charge in [-0.3, -0.25) is 0 Å². The van der Waals surface area contributed by atoms with Crippen LogP contribution in [0, 0.1) is 18.3 Å². The molecular weight excluding hydrogens is 140 g/mol. The van der Waals surface area contributed by atoms with Crippen LogP contribution in [0.4, 0.5) is 0 Å². The summed E-state index contributed by atoms with van der Waals surface area (Å²) in [5, 5.41) is 8.49. The summed E-state index contributed by atoms with van der Waals surface area (Å²) in [6.07, 6.45) is 1.49. The Morgan fingerprint density at radius 1 is 1.64 bits per heavy atom. The van der Waals surface area contributed by atoms with Gasteiger partial charge in [-0.05, 0) is 13.0 Å². The van der Waals surface area contributed by atoms with Crippen molar-refractivity contribution < 1.29 is 4.74 Å². The third kappa shape index (κ3) is 1.47. The second kappa shape index (κ2) is 3.02. The Balaban J connectivity index is 3.12. The molecule has 0 bridgehead atoms. The molecule has 0 aromatic carbocycles. The fourth-order valence-corrected chi connectivity index (χ4v) is 0.837. The van der Waals surface area contributed by atoms with Crippen molar-refractivity contribution in [2.75, 3.05) is 7.11 Å². The molecule has 0 spiro atoms. The number of aryl methyl sites for hydroxylation is 1. The van der Waals surface area contributed by atoms with E-state index in [1.165, 1.54) is 6.20 Å². The van der Waals surface area contributed by atoms with Gasteiger partial charge >= 0.3 is 0 Å². The zero-order valence-electron chi connectivity index (χ0n) is 6.46. The summed E-state index contributed by atoms with van der Waals surface area (Å²) in [6.45, 7) is 1.85. The lowest BCUT2D eigenvalue weighted by molar-refractivity contribution is 0.394. The SMILES string of the molecule is COc1ncc(C#N)cc1C. The maximum atomic E-state index is 8.49. The Kier molecular flexibility index (Phi) is 2.07. The molecule has 11 heavy (non-hydrogen) atoms. The second-order valence-electron chi connectivity index (χ2n) is 2.16. The van der Waals surface area contributed by atoms with Crippen LogP contribution in [0.15, 0.2) is 12.3 Å². The van der Waals surface area contributed by atoms with Gasteiger partial charge in [0.25, 0.3) is 0 Å². The molecular formula is C8H8N2O. The van der Waals surface area contributed by atoms with Crippen molar-refractivity contribution in [1.82, 2.24) is 4.98 Å². The topological polar surface area (TPSA) is 45.9 Å². The van der Waals surface area contributed by atoms with E-state index < -0.39 is 0 Å². The van der Waals surface area contributed by atoms with Crippen molar-refractivity contribution in [3.63, 3.8) is 0 Å². The average molecular weight is 148 g/mol. The number of hydrogen-bond donors (Lipinski definition) is 0. The molecule has 0 unspecified atom stereocenters. The highest BCUT2D eigenvalue weighted by atomic mass is 16.5. The van der Waals surface area contributed by atoms with Crippen molar-refractivity contribution in [3.8, 4) is 11.9 Å². The monoisotopic (exact) mass is 148 g/mol. The molecule has 0 aliphatic carbocycles. The average Bonchev–Trinajstić information content (AvgIpc) is 2.04. The van der Waals surface area contributed by atoms with Gasteiger partial charge in [0.1, 0.15) is 6.07 Å². The maximum Gasteiger partial charge on any atom is 0.215 e. The van der Waals surface area contributed by atoms with Gasteiger partial charge in [-0.25, -0.2) is 4.98 Å². The molecule has 3 heteroatoms. The largest absolute Gasteiger partial charge is 0.481 e. The minimum Gasteiger partial charge on any atom is -0.481 e. The summed E-state index contributed by atoms with van der Waals surface area (Å²) in [5.41, 5.74) is 1.44. The fourth-order valence-electron chi connectivity index (χ4n) is 0.837. The van der Waals surface area contributed by atoms with Crippen LogP contribution in [0.1, 0.15) is 11.1 Å². The number of methoxy groups -OCH3 is 1. The van der Waals surface area contributed by atoms with Crippen LogP contribution in [0.5, 0.6) is 5.88 Å². The highest BCUT2D eigenvalue weighted by molar-refractivity contribution is 5.34. The highest BCUT2D eigenvalue weighted by Gasteiger charge is 1.99. The Bertz CT molecular complexity index is 301. The van der Waals surface area contributed by atoms with Crippen molar-refractivity contribution in [1.29, 1.82) is 5.26 Å². The van der Waals surface area contributed by atoms with Crippen LogP contribution < -0.4 is 4.74 Å². The summed E-state index contributed by atoms with van der Waals surface area (Å²) < 4.78 is 4.92. The number of nitriles is 1. The van der Waals surface area contributed by atoms with E-state index in [4.69, 9.17) is 10.00 Å². The van der Waals surface area contributed by atoms with Crippen LogP contribution in [-0.2, 0) is 0 Å². The second-order valence-corrected chi connectivity index (χ2v) is 2.16. The van der Waals surface area contributed by atoms with Crippen LogP contribution in [0.25, 0.3) is 0 Å². The number of aromatic nitrogens is 1. The molecule has 0 N–H and O–H groups in total. The number of ether oxygens (including phenoxy) is 1. The highest BCUT2D eigenvalue weighted by Crippen LogP contribution is 2.13. The minimum atomic E-state index is 0.559. The first-order valence-electron chi connectivity index (χ1n) is 3.18. The third-order valence-corrected chi connectivity index (χ3v) is 1.35. The first-order chi connectivity index (χ1) is 5.27. The molecule has 0 saturated heterocycles. The summed E-state index contributed by atoms with van der Waals surface area (Å²) in [5.74, 6) is 0.573. The Hall–Kier alpha value is -1.56. The predicted octanol–water partition coefficient (Wildman–Crippen LogP) is 1.27. The van der Waals surface area contributed by atoms with Crippen molar-refractivity contribution in [2.24, 2.45) is 0 Å². The van der Waals surface area contributed by atoms with Crippen molar-refractivity contribution in [2.45, 2.75) is 6.92 Å². The number of hydrogen-bond acceptors (Lipinski definition) is 3. The molecule has 0 saturated carbocycles. The van der Waals surface area contributed by atoms with E-state index in [1.54, 1.807) is 13.2 Å². The minimum absolute atomic E-state index is 0.559. The van der Waals surface area contributed by atoms with E-state index in [9.17, 15) is 0 Å². The number of pyridine rings is 1. The van der Waals surface area contributed by atoms with E-state index in [-0.39, 0.29) is 0 Å². The number of rotatable bonds is 1. The Labute approximate surface area is 65.3 Å². The van der Waals surface area contributed by atoms with Crippen molar-refractivity contribution >= 4 is 0 Å². The molecule has 1 aromatic heterocycles. The molecule has 1 heterocycles. The van der Waals surface area contributed by atoms with Crippen molar-refractivity contribution in [3.05, 3.63) is 23.4 Å². The van der Waals surface area contributed by atoms with E-state index in [2.05, 4.69) is 4.98 Å². The fraction of sp³-hybridized carbons (Fsp3) is 0.250. The molecule has 3 nitrogen and oxygen atoms in total. The molecule has 56 valence electrons. The molecule has 0 fully saturated rings. The van der Waals surface area contributed by atoms with Gasteiger partial charge in [-0.15, -0.1) is 0 Å². The Morgan fingerprint density at radius 2 is 2.36 bits per heavy atom. The van der Waals surface area contributed by atoms with Gasteiger partial charge in [0.15, 0.2) is 0 Å². The quantitative estimate of drug-likeness (QED) is 0.602. The molecule has 1 aromatic rings. The van der Waals surface area contributed by atoms with Gasteiger partial charge in [-0.2, -0.15) is 5.26 Å². The third-order valence-electron chi connectivity index (χ3n) is 1.35. The molecule has 1 rings (SSSR count). The van der Waals surface area contributed by atoms with E-state index >= 15 is 0 Å². The summed E-state index contributed by atoms with van der Waals surface area (Å²) in [6, 6.07) is 3.74. The summed E-state index contributed by atoms with van der Waals surface area (Å²) in [7, 11) is 1.56. The number of nitrogens with zero attached hydrogens (tertiary/aromatic N) is 2.